The number of fused-ring (bicyclic) bond motifs is 1. The van der Waals surface area contributed by atoms with Gasteiger partial charge >= 0.3 is 0 Å². The van der Waals surface area contributed by atoms with Crippen LogP contribution in [0.15, 0.2) is 54.6 Å². The third-order valence-corrected chi connectivity index (χ3v) is 7.64. The van der Waals surface area contributed by atoms with Crippen LogP contribution in [0.1, 0.15) is 65.9 Å². The molecule has 0 bridgehead atoms. The van der Waals surface area contributed by atoms with Crippen molar-refractivity contribution in [1.29, 1.82) is 0 Å². The molecule has 2 fully saturated rings. The van der Waals surface area contributed by atoms with Crippen molar-refractivity contribution in [3.05, 3.63) is 71.3 Å². The lowest BCUT2D eigenvalue weighted by Gasteiger charge is -2.50. The van der Waals surface area contributed by atoms with Crippen LogP contribution in [-0.2, 0) is 16.1 Å². The Balaban J connectivity index is 1.50. The first-order chi connectivity index (χ1) is 15.7. The fourth-order valence-corrected chi connectivity index (χ4v) is 5.96. The van der Waals surface area contributed by atoms with Crippen molar-refractivity contribution in [2.45, 2.75) is 56.5 Å². The number of carbonyl (C=O) groups is 2. The van der Waals surface area contributed by atoms with Crippen molar-refractivity contribution in [1.82, 2.24) is 10.2 Å². The molecule has 1 unspecified atom stereocenters. The smallest absolute Gasteiger partial charge is 0.254 e. The van der Waals surface area contributed by atoms with Crippen molar-refractivity contribution >= 4 is 11.8 Å². The molecule has 0 aromatic heterocycles. The summed E-state index contributed by atoms with van der Waals surface area (Å²) in [6.07, 6.45) is 5.82. The van der Waals surface area contributed by atoms with Crippen LogP contribution in [0.4, 0.5) is 0 Å². The largest absolute Gasteiger partial charge is 0.381 e. The molecule has 5 rings (SSSR count). The Bertz CT molecular complexity index is 962. The average Bonchev–Trinajstić information content (AvgIpc) is 3.32. The van der Waals surface area contributed by atoms with Gasteiger partial charge in [-0.15, -0.1) is 0 Å². The highest BCUT2D eigenvalue weighted by Crippen LogP contribution is 2.50. The highest BCUT2D eigenvalue weighted by molar-refractivity contribution is 6.02. The molecular weight excluding hydrogens is 400 g/mol. The van der Waals surface area contributed by atoms with E-state index >= 15 is 0 Å². The second-order valence-corrected chi connectivity index (χ2v) is 9.51. The number of hydrogen-bond acceptors (Lipinski definition) is 3. The summed E-state index contributed by atoms with van der Waals surface area (Å²) in [6.45, 7) is 2.77. The maximum Gasteiger partial charge on any atom is 0.254 e. The molecule has 0 radical (unpaired) electrons. The van der Waals surface area contributed by atoms with E-state index in [4.69, 9.17) is 4.74 Å². The Morgan fingerprint density at radius 3 is 2.44 bits per heavy atom. The van der Waals surface area contributed by atoms with Crippen molar-refractivity contribution in [3.8, 4) is 0 Å². The summed E-state index contributed by atoms with van der Waals surface area (Å²) in [5.41, 5.74) is 2.22. The Labute approximate surface area is 190 Å². The molecular formula is C27H32N2O3. The standard InChI is InChI=1S/C27H32N2O3/c30-25(28-18-20-12-16-32-17-13-20)24-22-10-4-5-11-23(22)26(31)29(27(24)14-6-7-15-27)19-21-8-2-1-3-9-21/h1-5,8-11,20,24H,6-7,12-19H2,(H,28,30). The van der Waals surface area contributed by atoms with Gasteiger partial charge in [-0.1, -0.05) is 61.4 Å². The van der Waals surface area contributed by atoms with Gasteiger partial charge in [0.2, 0.25) is 5.91 Å². The molecule has 32 heavy (non-hydrogen) atoms. The monoisotopic (exact) mass is 432 g/mol. The Morgan fingerprint density at radius 2 is 1.69 bits per heavy atom. The lowest BCUT2D eigenvalue weighted by Crippen LogP contribution is -2.60. The highest BCUT2D eigenvalue weighted by Gasteiger charge is 2.55. The number of benzene rings is 2. The van der Waals surface area contributed by atoms with E-state index in [0.29, 0.717) is 24.6 Å². The number of ether oxygens (including phenoxy) is 1. The molecule has 1 saturated carbocycles. The fourth-order valence-electron chi connectivity index (χ4n) is 5.96. The molecule has 2 aromatic rings. The number of hydrogen-bond donors (Lipinski definition) is 1. The number of carbonyl (C=O) groups excluding carboxylic acids is 2. The van der Waals surface area contributed by atoms with Crippen molar-refractivity contribution in [2.24, 2.45) is 5.92 Å². The Hall–Kier alpha value is -2.66. The number of amides is 2. The molecule has 1 N–H and O–H groups in total. The minimum absolute atomic E-state index is 0.0554. The zero-order chi connectivity index (χ0) is 22.0. The third-order valence-electron chi connectivity index (χ3n) is 7.64. The fraction of sp³-hybridized carbons (Fsp3) is 0.481. The van der Waals surface area contributed by atoms with E-state index in [0.717, 1.165) is 62.9 Å². The van der Waals surface area contributed by atoms with Crippen molar-refractivity contribution in [2.75, 3.05) is 19.8 Å². The van der Waals surface area contributed by atoms with Crippen LogP contribution in [0, 0.1) is 5.92 Å². The van der Waals surface area contributed by atoms with Crippen LogP contribution in [-0.4, -0.2) is 42.0 Å². The minimum Gasteiger partial charge on any atom is -0.381 e. The summed E-state index contributed by atoms with van der Waals surface area (Å²) in [5.74, 6) is 0.256. The number of nitrogens with zero attached hydrogens (tertiary/aromatic N) is 1. The minimum atomic E-state index is -0.457. The second kappa shape index (κ2) is 9.07. The number of rotatable bonds is 5. The van der Waals surface area contributed by atoms with E-state index in [9.17, 15) is 9.59 Å². The van der Waals surface area contributed by atoms with E-state index < -0.39 is 5.54 Å². The zero-order valence-corrected chi connectivity index (χ0v) is 18.6. The first-order valence-corrected chi connectivity index (χ1v) is 12.0. The van der Waals surface area contributed by atoms with Gasteiger partial charge in [-0.05, 0) is 48.8 Å². The van der Waals surface area contributed by atoms with Gasteiger partial charge in [0.05, 0.1) is 11.5 Å². The van der Waals surface area contributed by atoms with Gasteiger partial charge < -0.3 is 15.0 Å². The molecule has 2 aliphatic heterocycles. The van der Waals surface area contributed by atoms with Gasteiger partial charge in [-0.25, -0.2) is 0 Å². The van der Waals surface area contributed by atoms with Crippen molar-refractivity contribution < 1.29 is 14.3 Å². The van der Waals surface area contributed by atoms with Crippen LogP contribution in [0.3, 0.4) is 0 Å². The summed E-state index contributed by atoms with van der Waals surface area (Å²) in [7, 11) is 0. The van der Waals surface area contributed by atoms with Gasteiger partial charge in [0.1, 0.15) is 0 Å². The molecule has 168 valence electrons. The SMILES string of the molecule is O=C(NCC1CCOCC1)C1c2ccccc2C(=O)N(Cc2ccccc2)C12CCCC2. The van der Waals surface area contributed by atoms with E-state index in [2.05, 4.69) is 17.4 Å². The van der Waals surface area contributed by atoms with Gasteiger partial charge in [-0.2, -0.15) is 0 Å². The normalized spacial score (nSPS) is 22.7. The Kier molecular flexibility index (Phi) is 6.01. The molecule has 5 heteroatoms. The van der Waals surface area contributed by atoms with Gasteiger partial charge in [0.15, 0.2) is 0 Å². The zero-order valence-electron chi connectivity index (χ0n) is 18.6. The first kappa shape index (κ1) is 21.2. The van der Waals surface area contributed by atoms with Crippen molar-refractivity contribution in [3.63, 3.8) is 0 Å². The summed E-state index contributed by atoms with van der Waals surface area (Å²) in [4.78, 5) is 29.5. The summed E-state index contributed by atoms with van der Waals surface area (Å²) in [6, 6.07) is 17.9. The van der Waals surface area contributed by atoms with E-state index in [-0.39, 0.29) is 17.7 Å². The summed E-state index contributed by atoms with van der Waals surface area (Å²) >= 11 is 0. The first-order valence-electron chi connectivity index (χ1n) is 12.0. The summed E-state index contributed by atoms with van der Waals surface area (Å²) < 4.78 is 5.47. The lowest BCUT2D eigenvalue weighted by molar-refractivity contribution is -0.126. The van der Waals surface area contributed by atoms with E-state index in [1.54, 1.807) is 0 Å². The van der Waals surface area contributed by atoms with Crippen LogP contribution in [0.2, 0.25) is 0 Å². The topological polar surface area (TPSA) is 58.6 Å². The van der Waals surface area contributed by atoms with Gasteiger partial charge in [0, 0.05) is 31.9 Å². The molecule has 1 saturated heterocycles. The van der Waals surface area contributed by atoms with Gasteiger partial charge in [0.25, 0.3) is 5.91 Å². The predicted octanol–water partition coefficient (Wildman–Crippen LogP) is 4.28. The number of nitrogens with one attached hydrogen (secondary N) is 1. The maximum atomic E-state index is 13.8. The molecule has 2 amide bonds. The van der Waals surface area contributed by atoms with Gasteiger partial charge in [-0.3, -0.25) is 9.59 Å². The van der Waals surface area contributed by atoms with Crippen LogP contribution in [0.5, 0.6) is 0 Å². The van der Waals surface area contributed by atoms with E-state index in [1.165, 1.54) is 0 Å². The van der Waals surface area contributed by atoms with E-state index in [1.807, 2.05) is 47.4 Å². The van der Waals surface area contributed by atoms with Crippen LogP contribution in [0.25, 0.3) is 0 Å². The molecule has 1 aliphatic carbocycles. The quantitative estimate of drug-likeness (QED) is 0.767. The molecule has 1 atom stereocenters. The van der Waals surface area contributed by atoms with Crippen LogP contribution < -0.4 is 5.32 Å². The third kappa shape index (κ3) is 3.83. The molecule has 5 nitrogen and oxygen atoms in total. The average molecular weight is 433 g/mol. The predicted molar refractivity (Wildman–Crippen MR) is 123 cm³/mol. The second-order valence-electron chi connectivity index (χ2n) is 9.51. The van der Waals surface area contributed by atoms with Crippen LogP contribution >= 0.6 is 0 Å². The molecule has 3 aliphatic rings. The Morgan fingerprint density at radius 1 is 1.00 bits per heavy atom. The molecule has 2 heterocycles. The molecule has 2 aromatic carbocycles. The maximum absolute atomic E-state index is 13.8. The summed E-state index contributed by atoms with van der Waals surface area (Å²) in [5, 5.41) is 3.28. The molecule has 1 spiro atoms. The highest BCUT2D eigenvalue weighted by atomic mass is 16.5. The lowest BCUT2D eigenvalue weighted by atomic mass is 9.70.